The van der Waals surface area contributed by atoms with Gasteiger partial charge in [-0.1, -0.05) is 0 Å². The van der Waals surface area contributed by atoms with Crippen LogP contribution < -0.4 is 15.2 Å². The van der Waals surface area contributed by atoms with Crippen LogP contribution in [0.1, 0.15) is 11.3 Å². The van der Waals surface area contributed by atoms with E-state index in [2.05, 4.69) is 15.0 Å². The Bertz CT molecular complexity index is 870. The lowest BCUT2D eigenvalue weighted by molar-refractivity contribution is -0.137. The Morgan fingerprint density at radius 1 is 1.19 bits per heavy atom. The van der Waals surface area contributed by atoms with Gasteiger partial charge in [0.2, 0.25) is 10.0 Å². The first-order valence-corrected chi connectivity index (χ1v) is 8.39. The van der Waals surface area contributed by atoms with Gasteiger partial charge in [0.1, 0.15) is 5.75 Å². The molecule has 0 aliphatic heterocycles. The lowest BCUT2D eigenvalue weighted by atomic mass is 10.1. The molecule has 2 rings (SSSR count). The Morgan fingerprint density at radius 2 is 1.88 bits per heavy atom. The standard InChI is InChI=1S/C14H12F5N3O3S/c15-13(16)25-9-2-1-8(21-7-9)6-22-12-4-3-10(26(20,23)24)5-11(12)14(17,18)19/h1-5,7,13,22H,6H2,(H2,20,23,24). The van der Waals surface area contributed by atoms with Crippen LogP contribution in [0.3, 0.4) is 0 Å². The van der Waals surface area contributed by atoms with Crippen molar-refractivity contribution in [2.45, 2.75) is 24.2 Å². The van der Waals surface area contributed by atoms with Gasteiger partial charge in [-0.25, -0.2) is 13.6 Å². The van der Waals surface area contributed by atoms with Crippen LogP contribution in [0.4, 0.5) is 27.6 Å². The fraction of sp³-hybridized carbons (Fsp3) is 0.214. The summed E-state index contributed by atoms with van der Waals surface area (Å²) in [6.45, 7) is -3.19. The molecule has 12 heteroatoms. The number of aromatic nitrogens is 1. The minimum Gasteiger partial charge on any atom is -0.433 e. The number of anilines is 1. The highest BCUT2D eigenvalue weighted by Gasteiger charge is 2.34. The monoisotopic (exact) mass is 397 g/mol. The predicted molar refractivity (Wildman–Crippen MR) is 81.0 cm³/mol. The summed E-state index contributed by atoms with van der Waals surface area (Å²) in [5, 5.41) is 7.31. The Balaban J connectivity index is 2.21. The number of nitrogens with zero attached hydrogens (tertiary/aromatic N) is 1. The molecule has 0 radical (unpaired) electrons. The third kappa shape index (κ3) is 5.26. The molecular formula is C14H12F5N3O3S. The van der Waals surface area contributed by atoms with Gasteiger partial charge in [0.15, 0.2) is 0 Å². The van der Waals surface area contributed by atoms with Crippen molar-refractivity contribution in [1.82, 2.24) is 4.98 Å². The second-order valence-electron chi connectivity index (χ2n) is 4.97. The Kier molecular flexibility index (Phi) is 5.66. The van der Waals surface area contributed by atoms with Crippen molar-refractivity contribution in [1.29, 1.82) is 0 Å². The zero-order valence-corrected chi connectivity index (χ0v) is 13.6. The van der Waals surface area contributed by atoms with E-state index < -0.39 is 33.3 Å². The van der Waals surface area contributed by atoms with Crippen LogP contribution >= 0.6 is 0 Å². The molecule has 0 unspecified atom stereocenters. The highest BCUT2D eigenvalue weighted by Crippen LogP contribution is 2.36. The first kappa shape index (κ1) is 19.8. The first-order valence-electron chi connectivity index (χ1n) is 6.84. The molecule has 1 aromatic heterocycles. The molecule has 0 saturated heterocycles. The van der Waals surface area contributed by atoms with E-state index in [1.54, 1.807) is 0 Å². The molecule has 0 aliphatic carbocycles. The fourth-order valence-electron chi connectivity index (χ4n) is 1.96. The summed E-state index contributed by atoms with van der Waals surface area (Å²) in [4.78, 5) is 3.10. The average Bonchev–Trinajstić information content (AvgIpc) is 2.51. The Hall–Kier alpha value is -2.47. The maximum Gasteiger partial charge on any atom is 0.418 e. The second-order valence-corrected chi connectivity index (χ2v) is 6.53. The third-order valence-electron chi connectivity index (χ3n) is 3.11. The van der Waals surface area contributed by atoms with Crippen LogP contribution in [-0.4, -0.2) is 20.0 Å². The van der Waals surface area contributed by atoms with Gasteiger partial charge < -0.3 is 10.1 Å². The second kappa shape index (κ2) is 7.41. The molecule has 26 heavy (non-hydrogen) atoms. The van der Waals surface area contributed by atoms with E-state index >= 15 is 0 Å². The van der Waals surface area contributed by atoms with Gasteiger partial charge in [-0.15, -0.1) is 0 Å². The summed E-state index contributed by atoms with van der Waals surface area (Å²) in [5.41, 5.74) is -1.36. The minimum absolute atomic E-state index is 0.174. The smallest absolute Gasteiger partial charge is 0.418 e. The molecule has 0 saturated carbocycles. The Labute approximate surface area is 144 Å². The highest BCUT2D eigenvalue weighted by molar-refractivity contribution is 7.89. The van der Waals surface area contributed by atoms with Crippen molar-refractivity contribution in [3.05, 3.63) is 47.8 Å². The Morgan fingerprint density at radius 3 is 2.38 bits per heavy atom. The van der Waals surface area contributed by atoms with Gasteiger partial charge in [-0.05, 0) is 30.3 Å². The molecule has 0 atom stereocenters. The summed E-state index contributed by atoms with van der Waals surface area (Å²) in [7, 11) is -4.30. The molecule has 6 nitrogen and oxygen atoms in total. The van der Waals surface area contributed by atoms with E-state index in [4.69, 9.17) is 5.14 Å². The van der Waals surface area contributed by atoms with Crippen molar-refractivity contribution in [3.63, 3.8) is 0 Å². The maximum atomic E-state index is 13.1. The van der Waals surface area contributed by atoms with Gasteiger partial charge in [0.05, 0.1) is 28.9 Å². The average molecular weight is 397 g/mol. The molecule has 0 bridgehead atoms. The maximum absolute atomic E-state index is 13.1. The molecule has 2 aromatic rings. The van der Waals surface area contributed by atoms with Gasteiger partial charge in [0, 0.05) is 5.69 Å². The zero-order valence-electron chi connectivity index (χ0n) is 12.8. The molecule has 0 aliphatic rings. The normalized spacial score (nSPS) is 12.3. The van der Waals surface area contributed by atoms with E-state index in [0.29, 0.717) is 6.07 Å². The van der Waals surface area contributed by atoms with Gasteiger partial charge in [-0.2, -0.15) is 22.0 Å². The molecule has 0 fully saturated rings. The molecule has 1 aromatic carbocycles. The minimum atomic E-state index is -4.83. The number of rotatable bonds is 6. The number of nitrogens with one attached hydrogen (secondary N) is 1. The van der Waals surface area contributed by atoms with E-state index in [0.717, 1.165) is 18.3 Å². The number of hydrogen-bond acceptors (Lipinski definition) is 5. The van der Waals surface area contributed by atoms with Gasteiger partial charge in [0.25, 0.3) is 0 Å². The number of alkyl halides is 5. The summed E-state index contributed by atoms with van der Waals surface area (Å²) >= 11 is 0. The summed E-state index contributed by atoms with van der Waals surface area (Å²) in [6, 6.07) is 4.75. The van der Waals surface area contributed by atoms with Crippen LogP contribution in [0.2, 0.25) is 0 Å². The first-order chi connectivity index (χ1) is 12.0. The van der Waals surface area contributed by atoms with E-state index in [-0.39, 0.29) is 23.7 Å². The molecular weight excluding hydrogens is 385 g/mol. The van der Waals surface area contributed by atoms with Gasteiger partial charge in [-0.3, -0.25) is 4.98 Å². The number of halogens is 5. The lowest BCUT2D eigenvalue weighted by Gasteiger charge is -2.15. The van der Waals surface area contributed by atoms with E-state index in [1.807, 2.05) is 0 Å². The molecule has 142 valence electrons. The quantitative estimate of drug-likeness (QED) is 0.731. The fourth-order valence-corrected chi connectivity index (χ4v) is 2.50. The number of ether oxygens (including phenoxy) is 1. The largest absolute Gasteiger partial charge is 0.433 e. The van der Waals surface area contributed by atoms with Crippen LogP contribution in [0.25, 0.3) is 0 Å². The van der Waals surface area contributed by atoms with Crippen LogP contribution in [0.15, 0.2) is 41.4 Å². The predicted octanol–water partition coefficient (Wildman–Crippen LogP) is 2.96. The molecule has 3 N–H and O–H groups in total. The highest BCUT2D eigenvalue weighted by atomic mass is 32.2. The van der Waals surface area contributed by atoms with Crippen molar-refractivity contribution in [2.75, 3.05) is 5.32 Å². The van der Waals surface area contributed by atoms with Crippen LogP contribution in [0.5, 0.6) is 5.75 Å². The van der Waals surface area contributed by atoms with E-state index in [1.165, 1.54) is 12.1 Å². The van der Waals surface area contributed by atoms with Crippen LogP contribution in [-0.2, 0) is 22.7 Å². The number of benzene rings is 1. The number of primary sulfonamides is 1. The van der Waals surface area contributed by atoms with Crippen molar-refractivity contribution < 1.29 is 35.1 Å². The summed E-state index contributed by atoms with van der Waals surface area (Å²) < 4.78 is 90.1. The SMILES string of the molecule is NS(=O)(=O)c1ccc(NCc2ccc(OC(F)F)cn2)c(C(F)(F)F)c1. The topological polar surface area (TPSA) is 94.3 Å². The molecule has 0 spiro atoms. The summed E-state index contributed by atoms with van der Waals surface area (Å²) in [5.74, 6) is -0.197. The lowest BCUT2D eigenvalue weighted by Crippen LogP contribution is -2.16. The number of nitrogens with two attached hydrogens (primary N) is 1. The van der Waals surface area contributed by atoms with Crippen molar-refractivity contribution in [2.24, 2.45) is 5.14 Å². The molecule has 1 heterocycles. The third-order valence-corrected chi connectivity index (χ3v) is 4.02. The van der Waals surface area contributed by atoms with Crippen molar-refractivity contribution in [3.8, 4) is 5.75 Å². The number of hydrogen-bond donors (Lipinski definition) is 2. The molecule has 0 amide bonds. The number of sulfonamides is 1. The van der Waals surface area contributed by atoms with Gasteiger partial charge >= 0.3 is 12.8 Å². The van der Waals surface area contributed by atoms with E-state index in [9.17, 15) is 30.4 Å². The summed E-state index contributed by atoms with van der Waals surface area (Å²) in [6.07, 6.45) is -3.83. The van der Waals surface area contributed by atoms with Crippen LogP contribution in [0, 0.1) is 0 Å². The van der Waals surface area contributed by atoms with Crippen molar-refractivity contribution >= 4 is 15.7 Å². The zero-order chi connectivity index (χ0) is 19.5. The number of pyridine rings is 1.